The van der Waals surface area contributed by atoms with Crippen molar-refractivity contribution in [1.29, 1.82) is 0 Å². The van der Waals surface area contributed by atoms with Crippen molar-refractivity contribution in [3.63, 3.8) is 0 Å². The molecule has 0 heterocycles. The fourth-order valence-electron chi connectivity index (χ4n) is 1.79. The molecule has 0 radical (unpaired) electrons. The Hall–Kier alpha value is -1.02. The molecule has 1 rings (SSSR count). The summed E-state index contributed by atoms with van der Waals surface area (Å²) in [5.41, 5.74) is 1.03. The lowest BCUT2D eigenvalue weighted by Crippen LogP contribution is -2.24. The summed E-state index contributed by atoms with van der Waals surface area (Å²) < 4.78 is 0. The molecule has 0 bridgehead atoms. The van der Waals surface area contributed by atoms with Gasteiger partial charge in [-0.3, -0.25) is 4.90 Å². The van der Waals surface area contributed by atoms with Gasteiger partial charge in [-0.25, -0.2) is 0 Å². The predicted molar refractivity (Wildman–Crippen MR) is 75.3 cm³/mol. The summed E-state index contributed by atoms with van der Waals surface area (Å²) >= 11 is 0. The van der Waals surface area contributed by atoms with Gasteiger partial charge in [-0.1, -0.05) is 45.9 Å². The first-order valence-corrected chi connectivity index (χ1v) is 6.77. The second kappa shape index (κ2) is 10.2. The topological polar surface area (TPSA) is 23.5 Å². The molecule has 98 valence electrons. The highest BCUT2D eigenvalue weighted by Gasteiger charge is 2.06. The average molecular weight is 237 g/mol. The van der Waals surface area contributed by atoms with E-state index in [9.17, 15) is 5.11 Å². The van der Waals surface area contributed by atoms with E-state index in [0.717, 1.165) is 38.0 Å². The molecule has 2 nitrogen and oxygen atoms in total. The summed E-state index contributed by atoms with van der Waals surface area (Å²) in [7, 11) is 0. The van der Waals surface area contributed by atoms with Crippen LogP contribution in [0.25, 0.3) is 0 Å². The van der Waals surface area contributed by atoms with Crippen LogP contribution in [0.3, 0.4) is 0 Å². The van der Waals surface area contributed by atoms with E-state index in [1.165, 1.54) is 0 Å². The maximum Gasteiger partial charge on any atom is 0.120 e. The van der Waals surface area contributed by atoms with Crippen molar-refractivity contribution in [3.8, 4) is 5.75 Å². The van der Waals surface area contributed by atoms with Crippen molar-refractivity contribution < 1.29 is 5.11 Å². The van der Waals surface area contributed by atoms with Crippen molar-refractivity contribution in [2.24, 2.45) is 0 Å². The Morgan fingerprint density at radius 1 is 1.00 bits per heavy atom. The maximum absolute atomic E-state index is 9.67. The van der Waals surface area contributed by atoms with Gasteiger partial charge in [0.1, 0.15) is 5.75 Å². The van der Waals surface area contributed by atoms with Crippen LogP contribution in [0.1, 0.15) is 46.1 Å². The van der Waals surface area contributed by atoms with Crippen LogP contribution in [-0.2, 0) is 6.54 Å². The van der Waals surface area contributed by atoms with E-state index in [1.807, 2.05) is 32.0 Å². The van der Waals surface area contributed by atoms with Crippen LogP contribution >= 0.6 is 0 Å². The second-order valence-electron chi connectivity index (χ2n) is 3.90. The Bertz CT molecular complexity index is 280. The number of phenolic OH excluding ortho intramolecular Hbond substituents is 1. The predicted octanol–water partition coefficient (Wildman–Crippen LogP) is 4.04. The second-order valence-corrected chi connectivity index (χ2v) is 3.90. The summed E-state index contributed by atoms with van der Waals surface area (Å²) in [6.45, 7) is 11.4. The van der Waals surface area contributed by atoms with Gasteiger partial charge >= 0.3 is 0 Å². The summed E-state index contributed by atoms with van der Waals surface area (Å²) in [4.78, 5) is 2.38. The summed E-state index contributed by atoms with van der Waals surface area (Å²) in [6, 6.07) is 7.59. The van der Waals surface area contributed by atoms with Crippen molar-refractivity contribution >= 4 is 0 Å². The Morgan fingerprint density at radius 3 is 2.00 bits per heavy atom. The number of hydrogen-bond donors (Lipinski definition) is 1. The first kappa shape index (κ1) is 16.0. The van der Waals surface area contributed by atoms with Gasteiger partial charge in [0.2, 0.25) is 0 Å². The number of para-hydroxylation sites is 1. The van der Waals surface area contributed by atoms with E-state index in [1.54, 1.807) is 6.07 Å². The van der Waals surface area contributed by atoms with Crippen LogP contribution in [0.15, 0.2) is 24.3 Å². The molecule has 0 atom stereocenters. The molecule has 0 aromatic heterocycles. The summed E-state index contributed by atoms with van der Waals surface area (Å²) in [5, 5.41) is 9.67. The quantitative estimate of drug-likeness (QED) is 0.807. The number of benzene rings is 1. The highest BCUT2D eigenvalue weighted by atomic mass is 16.3. The van der Waals surface area contributed by atoms with Crippen molar-refractivity contribution in [1.82, 2.24) is 4.90 Å². The molecule has 0 aliphatic carbocycles. The Balaban J connectivity index is 0.00000121. The molecule has 1 N–H and O–H groups in total. The lowest BCUT2D eigenvalue weighted by Gasteiger charge is -2.21. The zero-order valence-electron chi connectivity index (χ0n) is 11.7. The van der Waals surface area contributed by atoms with E-state index < -0.39 is 0 Å². The third-order valence-electron chi connectivity index (χ3n) is 2.47. The number of rotatable bonds is 6. The minimum atomic E-state index is 0.412. The number of phenols is 1. The molecule has 17 heavy (non-hydrogen) atoms. The molecular formula is C15H27NO. The molecule has 0 aliphatic heterocycles. The highest BCUT2D eigenvalue weighted by Crippen LogP contribution is 2.17. The van der Waals surface area contributed by atoms with Gasteiger partial charge in [0.05, 0.1) is 0 Å². The van der Waals surface area contributed by atoms with Crippen molar-refractivity contribution in [2.75, 3.05) is 13.1 Å². The first-order valence-electron chi connectivity index (χ1n) is 6.77. The molecular weight excluding hydrogens is 210 g/mol. The lowest BCUT2D eigenvalue weighted by molar-refractivity contribution is 0.263. The van der Waals surface area contributed by atoms with Gasteiger partial charge in [0, 0.05) is 12.1 Å². The monoisotopic (exact) mass is 237 g/mol. The molecule has 0 saturated carbocycles. The largest absolute Gasteiger partial charge is 0.508 e. The minimum Gasteiger partial charge on any atom is -0.508 e. The zero-order valence-corrected chi connectivity index (χ0v) is 11.7. The summed E-state index contributed by atoms with van der Waals surface area (Å²) in [5.74, 6) is 0.412. The fourth-order valence-corrected chi connectivity index (χ4v) is 1.79. The van der Waals surface area contributed by atoms with Crippen LogP contribution in [0, 0.1) is 0 Å². The molecule has 0 fully saturated rings. The van der Waals surface area contributed by atoms with Gasteiger partial charge in [-0.2, -0.15) is 0 Å². The Kier molecular flexibility index (Phi) is 9.55. The Morgan fingerprint density at radius 2 is 1.53 bits per heavy atom. The number of hydrogen-bond acceptors (Lipinski definition) is 2. The molecule has 0 aliphatic rings. The van der Waals surface area contributed by atoms with Crippen molar-refractivity contribution in [3.05, 3.63) is 29.8 Å². The molecule has 1 aromatic rings. The van der Waals surface area contributed by atoms with E-state index in [2.05, 4.69) is 18.7 Å². The van der Waals surface area contributed by atoms with E-state index >= 15 is 0 Å². The van der Waals surface area contributed by atoms with E-state index in [4.69, 9.17) is 0 Å². The standard InChI is InChI=1S/C13H21NO.C2H6/c1-3-9-14(10-4-2)11-12-7-5-6-8-13(12)15;1-2/h5-8,15H,3-4,9-11H2,1-2H3;1-2H3. The summed E-state index contributed by atoms with van der Waals surface area (Å²) in [6.07, 6.45) is 2.32. The highest BCUT2D eigenvalue weighted by molar-refractivity contribution is 5.31. The molecule has 0 unspecified atom stereocenters. The third kappa shape index (κ3) is 6.32. The number of aromatic hydroxyl groups is 1. The van der Waals surface area contributed by atoms with E-state index in [0.29, 0.717) is 5.75 Å². The zero-order chi connectivity index (χ0) is 13.1. The molecule has 0 amide bonds. The molecule has 0 spiro atoms. The van der Waals surface area contributed by atoms with Crippen LogP contribution in [0.4, 0.5) is 0 Å². The lowest BCUT2D eigenvalue weighted by atomic mass is 10.2. The minimum absolute atomic E-state index is 0.412. The van der Waals surface area contributed by atoms with Crippen LogP contribution in [0.2, 0.25) is 0 Å². The third-order valence-corrected chi connectivity index (χ3v) is 2.47. The fraction of sp³-hybridized carbons (Fsp3) is 0.600. The Labute approximate surface area is 106 Å². The van der Waals surface area contributed by atoms with Gasteiger partial charge in [0.15, 0.2) is 0 Å². The van der Waals surface area contributed by atoms with E-state index in [-0.39, 0.29) is 0 Å². The molecule has 1 aromatic carbocycles. The average Bonchev–Trinajstić information content (AvgIpc) is 2.35. The van der Waals surface area contributed by atoms with Crippen LogP contribution in [-0.4, -0.2) is 23.1 Å². The van der Waals surface area contributed by atoms with Crippen LogP contribution in [0.5, 0.6) is 5.75 Å². The smallest absolute Gasteiger partial charge is 0.120 e. The van der Waals surface area contributed by atoms with Gasteiger partial charge in [-0.05, 0) is 32.0 Å². The van der Waals surface area contributed by atoms with Gasteiger partial charge in [0.25, 0.3) is 0 Å². The molecule has 2 heteroatoms. The molecule has 0 saturated heterocycles. The SMILES string of the molecule is CC.CCCN(CCC)Cc1ccccc1O. The van der Waals surface area contributed by atoms with Gasteiger partial charge in [-0.15, -0.1) is 0 Å². The number of nitrogens with zero attached hydrogens (tertiary/aromatic N) is 1. The van der Waals surface area contributed by atoms with Crippen LogP contribution < -0.4 is 0 Å². The maximum atomic E-state index is 9.67. The first-order chi connectivity index (χ1) is 8.27. The van der Waals surface area contributed by atoms with Crippen molar-refractivity contribution in [2.45, 2.75) is 47.1 Å². The normalized spacial score (nSPS) is 9.94. The van der Waals surface area contributed by atoms with Gasteiger partial charge < -0.3 is 5.11 Å².